The third kappa shape index (κ3) is 3.68. The van der Waals surface area contributed by atoms with Crippen LogP contribution >= 0.6 is 11.8 Å². The standard InChI is InChI=1S/C12H9NO2S/c1-9(14)16-6-2-3-10-4-5-12(15)11(7-10)8-13/h4-5,7,15H,6H2,1H3. The summed E-state index contributed by atoms with van der Waals surface area (Å²) < 4.78 is 0. The number of hydrogen-bond donors (Lipinski definition) is 1. The second-order valence-corrected chi connectivity index (χ2v) is 4.08. The fourth-order valence-corrected chi connectivity index (χ4v) is 1.33. The summed E-state index contributed by atoms with van der Waals surface area (Å²) in [4.78, 5) is 10.6. The number of hydrogen-bond acceptors (Lipinski definition) is 4. The Labute approximate surface area is 98.1 Å². The Morgan fingerprint density at radius 3 is 2.94 bits per heavy atom. The number of rotatable bonds is 1. The highest BCUT2D eigenvalue weighted by Gasteiger charge is 1.99. The number of phenolic OH excluding ortho intramolecular Hbond substituents is 1. The van der Waals surface area contributed by atoms with Crippen molar-refractivity contribution in [1.82, 2.24) is 0 Å². The number of phenols is 1. The molecule has 1 aromatic rings. The number of nitrogens with zero attached hydrogens (tertiary/aromatic N) is 1. The zero-order valence-corrected chi connectivity index (χ0v) is 9.47. The molecule has 0 amide bonds. The van der Waals surface area contributed by atoms with Gasteiger partial charge in [-0.2, -0.15) is 5.26 Å². The predicted octanol–water partition coefficient (Wildman–Crippen LogP) is 1.90. The highest BCUT2D eigenvalue weighted by atomic mass is 32.2. The largest absolute Gasteiger partial charge is 0.507 e. The monoisotopic (exact) mass is 231 g/mol. The van der Waals surface area contributed by atoms with E-state index < -0.39 is 0 Å². The van der Waals surface area contributed by atoms with Gasteiger partial charge in [0.15, 0.2) is 5.12 Å². The minimum atomic E-state index is -0.0499. The molecule has 16 heavy (non-hydrogen) atoms. The molecule has 0 bridgehead atoms. The van der Waals surface area contributed by atoms with Crippen LogP contribution < -0.4 is 0 Å². The van der Waals surface area contributed by atoms with Gasteiger partial charge in [0.25, 0.3) is 0 Å². The van der Waals surface area contributed by atoms with E-state index in [2.05, 4.69) is 11.8 Å². The lowest BCUT2D eigenvalue weighted by Gasteiger charge is -1.95. The van der Waals surface area contributed by atoms with Crippen LogP contribution in [0, 0.1) is 23.2 Å². The van der Waals surface area contributed by atoms with E-state index in [0.29, 0.717) is 11.3 Å². The lowest BCUT2D eigenvalue weighted by atomic mass is 10.1. The minimum Gasteiger partial charge on any atom is -0.507 e. The highest BCUT2D eigenvalue weighted by molar-refractivity contribution is 8.13. The van der Waals surface area contributed by atoms with Crippen LogP contribution in [-0.4, -0.2) is 16.0 Å². The first kappa shape index (κ1) is 12.2. The maximum Gasteiger partial charge on any atom is 0.186 e. The molecule has 0 heterocycles. The normalized spacial score (nSPS) is 8.75. The maximum absolute atomic E-state index is 10.6. The number of thioether (sulfide) groups is 1. The summed E-state index contributed by atoms with van der Waals surface area (Å²) in [7, 11) is 0. The molecule has 0 unspecified atom stereocenters. The first-order valence-electron chi connectivity index (χ1n) is 4.49. The van der Waals surface area contributed by atoms with Crippen molar-refractivity contribution in [2.45, 2.75) is 6.92 Å². The van der Waals surface area contributed by atoms with Crippen LogP contribution in [0.25, 0.3) is 0 Å². The summed E-state index contributed by atoms with van der Waals surface area (Å²) in [6, 6.07) is 6.44. The molecule has 1 aromatic carbocycles. The van der Waals surface area contributed by atoms with E-state index in [-0.39, 0.29) is 16.4 Å². The first-order valence-corrected chi connectivity index (χ1v) is 5.47. The van der Waals surface area contributed by atoms with Gasteiger partial charge in [-0.3, -0.25) is 4.79 Å². The van der Waals surface area contributed by atoms with Crippen molar-refractivity contribution < 1.29 is 9.90 Å². The molecule has 3 nitrogen and oxygen atoms in total. The Morgan fingerprint density at radius 1 is 1.56 bits per heavy atom. The van der Waals surface area contributed by atoms with Gasteiger partial charge in [0.05, 0.1) is 11.3 Å². The quantitative estimate of drug-likeness (QED) is 0.750. The third-order valence-electron chi connectivity index (χ3n) is 1.70. The molecule has 1 rings (SSSR count). The number of carbonyl (C=O) groups excluding carboxylic acids is 1. The van der Waals surface area contributed by atoms with Crippen LogP contribution in [0.1, 0.15) is 18.1 Å². The van der Waals surface area contributed by atoms with Crippen LogP contribution in [0.2, 0.25) is 0 Å². The van der Waals surface area contributed by atoms with Gasteiger partial charge < -0.3 is 5.11 Å². The second-order valence-electron chi connectivity index (χ2n) is 2.93. The molecule has 0 fully saturated rings. The minimum absolute atomic E-state index is 0.0257. The van der Waals surface area contributed by atoms with E-state index in [4.69, 9.17) is 5.26 Å². The van der Waals surface area contributed by atoms with E-state index in [1.807, 2.05) is 6.07 Å². The molecule has 1 N–H and O–H groups in total. The molecule has 0 radical (unpaired) electrons. The maximum atomic E-state index is 10.6. The fourth-order valence-electron chi connectivity index (χ4n) is 0.979. The Bertz CT molecular complexity index is 506. The van der Waals surface area contributed by atoms with Crippen LogP contribution in [0.15, 0.2) is 18.2 Å². The SMILES string of the molecule is CC(=O)SCC#Cc1ccc(O)c(C#N)c1. The van der Waals surface area contributed by atoms with E-state index in [0.717, 1.165) is 11.8 Å². The Hall–Kier alpha value is -1.91. The Morgan fingerprint density at radius 2 is 2.31 bits per heavy atom. The molecule has 80 valence electrons. The predicted molar refractivity (Wildman–Crippen MR) is 62.8 cm³/mol. The molecular weight excluding hydrogens is 222 g/mol. The number of carbonyl (C=O) groups is 1. The number of aromatic hydroxyl groups is 1. The smallest absolute Gasteiger partial charge is 0.186 e. The van der Waals surface area contributed by atoms with E-state index in [1.54, 1.807) is 6.07 Å². The van der Waals surface area contributed by atoms with Gasteiger partial charge in [-0.15, -0.1) is 0 Å². The third-order valence-corrected chi connectivity index (χ3v) is 2.39. The van der Waals surface area contributed by atoms with Crippen LogP contribution in [0.5, 0.6) is 5.75 Å². The molecule has 0 saturated carbocycles. The first-order chi connectivity index (χ1) is 7.63. The van der Waals surface area contributed by atoms with E-state index >= 15 is 0 Å². The van der Waals surface area contributed by atoms with E-state index in [1.165, 1.54) is 19.1 Å². The average Bonchev–Trinajstić information content (AvgIpc) is 2.26. The van der Waals surface area contributed by atoms with Gasteiger partial charge in [0.2, 0.25) is 0 Å². The number of nitriles is 1. The van der Waals surface area contributed by atoms with Crippen LogP contribution in [0.3, 0.4) is 0 Å². The molecular formula is C12H9NO2S. The summed E-state index contributed by atoms with van der Waals surface area (Å²) in [5, 5.41) is 18.0. The lowest BCUT2D eigenvalue weighted by Crippen LogP contribution is -1.83. The van der Waals surface area contributed by atoms with Gasteiger partial charge >= 0.3 is 0 Å². The summed E-state index contributed by atoms with van der Waals surface area (Å²) in [6.07, 6.45) is 0. The molecule has 0 atom stereocenters. The van der Waals surface area contributed by atoms with Gasteiger partial charge in [-0.25, -0.2) is 0 Å². The van der Waals surface area contributed by atoms with Crippen LogP contribution in [-0.2, 0) is 4.79 Å². The van der Waals surface area contributed by atoms with Crippen molar-refractivity contribution >= 4 is 16.9 Å². The summed E-state index contributed by atoms with van der Waals surface area (Å²) in [6.45, 7) is 1.49. The highest BCUT2D eigenvalue weighted by Crippen LogP contribution is 2.16. The van der Waals surface area contributed by atoms with Crippen LogP contribution in [0.4, 0.5) is 0 Å². The van der Waals surface area contributed by atoms with E-state index in [9.17, 15) is 9.90 Å². The molecule has 0 aliphatic heterocycles. The molecule has 0 spiro atoms. The molecule has 0 saturated heterocycles. The summed E-state index contributed by atoms with van der Waals surface area (Å²) in [5.74, 6) is 6.00. The van der Waals surface area contributed by atoms with Crippen molar-refractivity contribution in [3.05, 3.63) is 29.3 Å². The molecule has 0 aromatic heterocycles. The molecule has 4 heteroatoms. The van der Waals surface area contributed by atoms with Crippen molar-refractivity contribution in [2.24, 2.45) is 0 Å². The molecule has 0 aliphatic carbocycles. The molecule has 0 aliphatic rings. The van der Waals surface area contributed by atoms with Crippen molar-refractivity contribution in [3.63, 3.8) is 0 Å². The Kier molecular flexibility index (Phi) is 4.44. The van der Waals surface area contributed by atoms with Gasteiger partial charge in [0, 0.05) is 12.5 Å². The van der Waals surface area contributed by atoms with Gasteiger partial charge in [0.1, 0.15) is 11.8 Å². The lowest BCUT2D eigenvalue weighted by molar-refractivity contribution is -0.109. The second kappa shape index (κ2) is 5.85. The topological polar surface area (TPSA) is 61.1 Å². The van der Waals surface area contributed by atoms with Crippen molar-refractivity contribution in [1.29, 1.82) is 5.26 Å². The average molecular weight is 231 g/mol. The summed E-state index contributed by atoms with van der Waals surface area (Å²) >= 11 is 1.14. The number of benzene rings is 1. The zero-order chi connectivity index (χ0) is 12.0. The zero-order valence-electron chi connectivity index (χ0n) is 8.65. The summed E-state index contributed by atoms with van der Waals surface area (Å²) in [5.41, 5.74) is 0.851. The van der Waals surface area contributed by atoms with Gasteiger partial charge in [-0.05, 0) is 18.2 Å². The Balaban J connectivity index is 2.75. The van der Waals surface area contributed by atoms with Gasteiger partial charge in [-0.1, -0.05) is 23.6 Å². The fraction of sp³-hybridized carbons (Fsp3) is 0.167. The van der Waals surface area contributed by atoms with Crippen molar-refractivity contribution in [3.8, 4) is 23.7 Å². The van der Waals surface area contributed by atoms with Crippen molar-refractivity contribution in [2.75, 3.05) is 5.75 Å².